The number of rotatable bonds is 2. The van der Waals surface area contributed by atoms with E-state index in [1.54, 1.807) is 33.9 Å². The standard InChI is InChI=1S/C28H29F2N3O4/c1-28(2,3)37-27(36)33-13-22-24(18-11-20(29)21(30)12-19(18)25(34)31-22)23(14-33)32(4)26(35)17-9-8-15-6-5-7-16(15)10-17/h8-12,23H,5-7,13-14H2,1-4H3,(H,31,34). The maximum Gasteiger partial charge on any atom is 0.410 e. The number of hydrogen-bond acceptors (Lipinski definition) is 4. The van der Waals surface area contributed by atoms with Crippen LogP contribution < -0.4 is 5.56 Å². The molecular weight excluding hydrogens is 480 g/mol. The molecule has 5 rings (SSSR count). The lowest BCUT2D eigenvalue weighted by molar-refractivity contribution is 0.0142. The number of hydrogen-bond donors (Lipinski definition) is 1. The van der Waals surface area contributed by atoms with E-state index in [4.69, 9.17) is 4.74 Å². The highest BCUT2D eigenvalue weighted by Crippen LogP contribution is 2.36. The second kappa shape index (κ2) is 8.97. The van der Waals surface area contributed by atoms with Gasteiger partial charge < -0.3 is 14.6 Å². The molecule has 0 saturated heterocycles. The van der Waals surface area contributed by atoms with Crippen molar-refractivity contribution in [3.8, 4) is 0 Å². The molecule has 1 aliphatic heterocycles. The predicted octanol–water partition coefficient (Wildman–Crippen LogP) is 4.86. The molecule has 0 radical (unpaired) electrons. The highest BCUT2D eigenvalue weighted by atomic mass is 19.2. The van der Waals surface area contributed by atoms with Gasteiger partial charge in [-0.15, -0.1) is 0 Å². The molecule has 0 saturated carbocycles. The Labute approximate surface area is 213 Å². The van der Waals surface area contributed by atoms with Crippen LogP contribution in [0.3, 0.4) is 0 Å². The molecule has 194 valence electrons. The number of ether oxygens (including phenoxy) is 1. The third-order valence-corrected chi connectivity index (χ3v) is 7.05. The monoisotopic (exact) mass is 509 g/mol. The summed E-state index contributed by atoms with van der Waals surface area (Å²) in [4.78, 5) is 45.1. The van der Waals surface area contributed by atoms with Crippen LogP contribution in [0.2, 0.25) is 0 Å². The minimum atomic E-state index is -1.14. The highest BCUT2D eigenvalue weighted by Gasteiger charge is 2.37. The minimum Gasteiger partial charge on any atom is -0.444 e. The topological polar surface area (TPSA) is 82.7 Å². The number of carbonyl (C=O) groups is 2. The number of nitrogens with zero attached hydrogens (tertiary/aromatic N) is 2. The summed E-state index contributed by atoms with van der Waals surface area (Å²) in [6.45, 7) is 5.28. The molecular formula is C28H29F2N3O4. The zero-order valence-electron chi connectivity index (χ0n) is 21.3. The molecule has 2 heterocycles. The molecule has 2 amide bonds. The van der Waals surface area contributed by atoms with Crippen LogP contribution in [0.15, 0.2) is 35.1 Å². The Morgan fingerprint density at radius 1 is 1.05 bits per heavy atom. The number of pyridine rings is 1. The number of halogens is 2. The fourth-order valence-corrected chi connectivity index (χ4v) is 5.28. The van der Waals surface area contributed by atoms with Crippen molar-refractivity contribution in [1.82, 2.24) is 14.8 Å². The van der Waals surface area contributed by atoms with Crippen LogP contribution in [0.4, 0.5) is 13.6 Å². The normalized spacial score (nSPS) is 16.9. The summed E-state index contributed by atoms with van der Waals surface area (Å²) in [6, 6.07) is 6.76. The molecule has 0 spiro atoms. The van der Waals surface area contributed by atoms with Crippen LogP contribution in [-0.2, 0) is 24.1 Å². The molecule has 1 aromatic heterocycles. The fraction of sp³-hybridized carbons (Fsp3) is 0.393. The van der Waals surface area contributed by atoms with Gasteiger partial charge in [0.2, 0.25) is 0 Å². The van der Waals surface area contributed by atoms with Gasteiger partial charge in [0, 0.05) is 30.4 Å². The molecule has 0 bridgehead atoms. The Morgan fingerprint density at radius 2 is 1.73 bits per heavy atom. The molecule has 1 unspecified atom stereocenters. The molecule has 0 fully saturated rings. The first-order chi connectivity index (χ1) is 17.4. The second-order valence-corrected chi connectivity index (χ2v) is 10.8. The van der Waals surface area contributed by atoms with Gasteiger partial charge in [-0.3, -0.25) is 14.5 Å². The minimum absolute atomic E-state index is 0.00814. The van der Waals surface area contributed by atoms with E-state index < -0.39 is 34.9 Å². The average molecular weight is 510 g/mol. The quantitative estimate of drug-likeness (QED) is 0.535. The number of H-pyrrole nitrogens is 1. The van der Waals surface area contributed by atoms with Gasteiger partial charge in [-0.2, -0.15) is 0 Å². The van der Waals surface area contributed by atoms with Crippen molar-refractivity contribution in [2.45, 2.75) is 58.2 Å². The van der Waals surface area contributed by atoms with Crippen LogP contribution in [0, 0.1) is 11.6 Å². The largest absolute Gasteiger partial charge is 0.444 e. The third-order valence-electron chi connectivity index (χ3n) is 7.05. The number of benzene rings is 2. The number of aromatic nitrogens is 1. The van der Waals surface area contributed by atoms with Crippen molar-refractivity contribution in [1.29, 1.82) is 0 Å². The summed E-state index contributed by atoms with van der Waals surface area (Å²) in [6.07, 6.45) is 2.34. The number of nitrogens with one attached hydrogen (secondary N) is 1. The summed E-state index contributed by atoms with van der Waals surface area (Å²) >= 11 is 0. The lowest BCUT2D eigenvalue weighted by Gasteiger charge is -2.39. The maximum absolute atomic E-state index is 14.4. The molecule has 9 heteroatoms. The Kier molecular flexibility index (Phi) is 6.04. The van der Waals surface area contributed by atoms with Crippen LogP contribution in [-0.4, -0.2) is 46.0 Å². The summed E-state index contributed by atoms with van der Waals surface area (Å²) in [5.41, 5.74) is 2.35. The third kappa shape index (κ3) is 4.58. The molecule has 3 aromatic rings. The van der Waals surface area contributed by atoms with Crippen molar-refractivity contribution in [2.24, 2.45) is 0 Å². The van der Waals surface area contributed by atoms with Gasteiger partial charge in [-0.1, -0.05) is 6.07 Å². The van der Waals surface area contributed by atoms with Crippen LogP contribution in [0.1, 0.15) is 66.0 Å². The zero-order chi connectivity index (χ0) is 26.6. The molecule has 7 nitrogen and oxygen atoms in total. The number of carbonyl (C=O) groups excluding carboxylic acids is 2. The van der Waals surface area contributed by atoms with Crippen molar-refractivity contribution < 1.29 is 23.1 Å². The van der Waals surface area contributed by atoms with Gasteiger partial charge in [0.15, 0.2) is 11.6 Å². The lowest BCUT2D eigenvalue weighted by atomic mass is 9.92. The Balaban J connectivity index is 1.62. The van der Waals surface area contributed by atoms with Gasteiger partial charge in [-0.25, -0.2) is 13.6 Å². The van der Waals surface area contributed by atoms with Crippen LogP contribution in [0.5, 0.6) is 0 Å². The van der Waals surface area contributed by atoms with Crippen LogP contribution >= 0.6 is 0 Å². The van der Waals surface area contributed by atoms with Gasteiger partial charge in [-0.05, 0) is 80.8 Å². The van der Waals surface area contributed by atoms with Crippen molar-refractivity contribution in [3.05, 3.63) is 80.3 Å². The number of aryl methyl sites for hydroxylation is 2. The van der Waals surface area contributed by atoms with E-state index >= 15 is 0 Å². The van der Waals surface area contributed by atoms with E-state index in [-0.39, 0.29) is 29.8 Å². The van der Waals surface area contributed by atoms with E-state index in [0.29, 0.717) is 16.8 Å². The smallest absolute Gasteiger partial charge is 0.410 e. The number of aromatic amines is 1. The van der Waals surface area contributed by atoms with Crippen molar-refractivity contribution in [3.63, 3.8) is 0 Å². The molecule has 1 atom stereocenters. The first-order valence-electron chi connectivity index (χ1n) is 12.3. The average Bonchev–Trinajstić information content (AvgIpc) is 3.30. The molecule has 37 heavy (non-hydrogen) atoms. The van der Waals surface area contributed by atoms with Gasteiger partial charge in [0.1, 0.15) is 5.60 Å². The second-order valence-electron chi connectivity index (χ2n) is 10.8. The fourth-order valence-electron chi connectivity index (χ4n) is 5.28. The predicted molar refractivity (Wildman–Crippen MR) is 134 cm³/mol. The molecule has 2 aliphatic rings. The van der Waals surface area contributed by atoms with Gasteiger partial charge in [0.05, 0.1) is 18.0 Å². The summed E-state index contributed by atoms with van der Waals surface area (Å²) in [5.74, 6) is -2.51. The summed E-state index contributed by atoms with van der Waals surface area (Å²) < 4.78 is 34.0. The SMILES string of the molecule is CN(C(=O)c1ccc2c(c1)CCC2)C1CN(C(=O)OC(C)(C)C)Cc2[nH]c(=O)c3cc(F)c(F)cc3c21. The van der Waals surface area contributed by atoms with E-state index in [1.807, 2.05) is 12.1 Å². The number of amides is 2. The Morgan fingerprint density at radius 3 is 2.43 bits per heavy atom. The molecule has 1 N–H and O–H groups in total. The number of fused-ring (bicyclic) bond motifs is 4. The van der Waals surface area contributed by atoms with Crippen molar-refractivity contribution >= 4 is 22.8 Å². The van der Waals surface area contributed by atoms with E-state index in [1.165, 1.54) is 15.4 Å². The van der Waals surface area contributed by atoms with Crippen molar-refractivity contribution in [2.75, 3.05) is 13.6 Å². The Hall–Kier alpha value is -3.75. The first kappa shape index (κ1) is 24.9. The number of likely N-dealkylation sites (N-methyl/N-ethyl adjacent to an activating group) is 1. The lowest BCUT2D eigenvalue weighted by Crippen LogP contribution is -2.47. The first-order valence-corrected chi connectivity index (χ1v) is 12.3. The van der Waals surface area contributed by atoms with Crippen LogP contribution in [0.25, 0.3) is 10.8 Å². The van der Waals surface area contributed by atoms with E-state index in [2.05, 4.69) is 4.98 Å². The molecule has 1 aliphatic carbocycles. The summed E-state index contributed by atoms with van der Waals surface area (Å²) in [5, 5.41) is 0.187. The van der Waals surface area contributed by atoms with Gasteiger partial charge >= 0.3 is 6.09 Å². The summed E-state index contributed by atoms with van der Waals surface area (Å²) in [7, 11) is 1.61. The van der Waals surface area contributed by atoms with E-state index in [9.17, 15) is 23.2 Å². The van der Waals surface area contributed by atoms with Gasteiger partial charge in [0.25, 0.3) is 11.5 Å². The zero-order valence-corrected chi connectivity index (χ0v) is 21.3. The maximum atomic E-state index is 14.4. The van der Waals surface area contributed by atoms with E-state index in [0.717, 1.165) is 37.0 Å². The Bertz CT molecular complexity index is 1490. The molecule has 2 aromatic carbocycles. The highest BCUT2D eigenvalue weighted by molar-refractivity contribution is 5.95.